The smallest absolute Gasteiger partial charge is 0.372 e. The Morgan fingerprint density at radius 1 is 1.12 bits per heavy atom. The second-order valence-electron chi connectivity index (χ2n) is 10.1. The van der Waals surface area contributed by atoms with Crippen LogP contribution in [0.2, 0.25) is 0 Å². The highest BCUT2D eigenvalue weighted by Crippen LogP contribution is 2.42. The summed E-state index contributed by atoms with van der Waals surface area (Å²) < 4.78 is 112. The summed E-state index contributed by atoms with van der Waals surface area (Å²) in [6.45, 7) is 4.57. The fourth-order valence-corrected chi connectivity index (χ4v) is 5.48. The predicted molar refractivity (Wildman–Crippen MR) is 141 cm³/mol. The standard InChI is InChI=1S/C27H31F6N3O4S/c1-18(20-11-22(26(28,29)30)13-23(12-20)27(31,32)33)40-17-25(21-7-5-4-6-8-21)10-9-19(14-35-41(3,38)39)15-36(25)16-24(37)34-2/h4-8,11-13,18-19,35H,2,9-10,14-17H2,1,3H3/t18-,19-,25-/m1/s1. The van der Waals surface area contributed by atoms with Gasteiger partial charge in [-0.05, 0) is 61.7 Å². The van der Waals surface area contributed by atoms with Crippen LogP contribution < -0.4 is 4.72 Å². The Morgan fingerprint density at radius 2 is 1.71 bits per heavy atom. The third-order valence-corrected chi connectivity index (χ3v) is 7.84. The third kappa shape index (κ3) is 8.60. The van der Waals surface area contributed by atoms with Gasteiger partial charge in [0.25, 0.3) is 5.91 Å². The minimum atomic E-state index is -5.01. The van der Waals surface area contributed by atoms with Crippen molar-refractivity contribution >= 4 is 22.6 Å². The molecule has 0 aromatic heterocycles. The number of ether oxygens (including phenoxy) is 1. The molecule has 3 atom stereocenters. The minimum Gasteiger partial charge on any atom is -0.372 e. The molecule has 1 N–H and O–H groups in total. The Labute approximate surface area is 234 Å². The number of nitrogens with one attached hydrogen (secondary N) is 1. The molecule has 1 aliphatic heterocycles. The molecule has 1 amide bonds. The molecule has 1 aliphatic rings. The van der Waals surface area contributed by atoms with Crippen LogP contribution in [0.3, 0.4) is 0 Å². The van der Waals surface area contributed by atoms with Gasteiger partial charge in [-0.25, -0.2) is 18.1 Å². The number of carbonyl (C=O) groups is 1. The number of alkyl halides is 6. The molecule has 0 bridgehead atoms. The third-order valence-electron chi connectivity index (χ3n) is 7.15. The minimum absolute atomic E-state index is 0.0587. The van der Waals surface area contributed by atoms with Gasteiger partial charge in [0.2, 0.25) is 10.0 Å². The van der Waals surface area contributed by atoms with Gasteiger partial charge in [-0.3, -0.25) is 9.69 Å². The quantitative estimate of drug-likeness (QED) is 0.297. The summed E-state index contributed by atoms with van der Waals surface area (Å²) in [5, 5.41) is 0. The van der Waals surface area contributed by atoms with Crippen molar-refractivity contribution in [2.45, 2.75) is 43.8 Å². The summed E-state index contributed by atoms with van der Waals surface area (Å²) in [5.41, 5.74) is -3.51. The number of hydrogen-bond donors (Lipinski definition) is 1. The van der Waals surface area contributed by atoms with E-state index in [9.17, 15) is 39.6 Å². The van der Waals surface area contributed by atoms with Gasteiger partial charge in [0.1, 0.15) is 0 Å². The highest BCUT2D eigenvalue weighted by Gasteiger charge is 2.45. The van der Waals surface area contributed by atoms with Gasteiger partial charge in [0, 0.05) is 13.1 Å². The molecular weight excluding hydrogens is 576 g/mol. The fraction of sp³-hybridized carbons (Fsp3) is 0.481. The molecule has 2 aromatic carbocycles. The second-order valence-corrected chi connectivity index (χ2v) is 12.0. The first-order valence-electron chi connectivity index (χ1n) is 12.6. The van der Waals surface area contributed by atoms with Crippen molar-refractivity contribution in [2.75, 3.05) is 32.5 Å². The predicted octanol–water partition coefficient (Wildman–Crippen LogP) is 5.19. The molecule has 7 nitrogen and oxygen atoms in total. The van der Waals surface area contributed by atoms with Crippen LogP contribution >= 0.6 is 0 Å². The number of carbonyl (C=O) groups excluding carboxylic acids is 1. The lowest BCUT2D eigenvalue weighted by molar-refractivity contribution is -0.143. The van der Waals surface area contributed by atoms with E-state index in [0.717, 1.165) is 6.26 Å². The Bertz CT molecular complexity index is 1300. The number of benzene rings is 2. The highest BCUT2D eigenvalue weighted by atomic mass is 32.2. The van der Waals surface area contributed by atoms with Gasteiger partial charge in [-0.15, -0.1) is 0 Å². The maximum atomic E-state index is 13.4. The number of likely N-dealkylation sites (tertiary alicyclic amines) is 1. The number of rotatable bonds is 10. The summed E-state index contributed by atoms with van der Waals surface area (Å²) >= 11 is 0. The van der Waals surface area contributed by atoms with E-state index in [0.29, 0.717) is 30.5 Å². The van der Waals surface area contributed by atoms with E-state index in [2.05, 4.69) is 16.4 Å². The van der Waals surface area contributed by atoms with E-state index in [4.69, 9.17) is 4.74 Å². The van der Waals surface area contributed by atoms with Crippen LogP contribution in [0.15, 0.2) is 53.5 Å². The molecule has 2 aromatic rings. The molecule has 41 heavy (non-hydrogen) atoms. The number of nitrogens with zero attached hydrogens (tertiary/aromatic N) is 2. The van der Waals surface area contributed by atoms with Crippen LogP contribution in [0.25, 0.3) is 0 Å². The Kier molecular flexibility index (Phi) is 10.0. The summed E-state index contributed by atoms with van der Waals surface area (Å²) in [6.07, 6.45) is -9.33. The molecule has 0 aliphatic carbocycles. The average molecular weight is 608 g/mol. The van der Waals surface area contributed by atoms with Crippen LogP contribution in [0.5, 0.6) is 0 Å². The van der Waals surface area contributed by atoms with Crippen molar-refractivity contribution in [3.05, 3.63) is 70.8 Å². The summed E-state index contributed by atoms with van der Waals surface area (Å²) in [5.74, 6) is -0.766. The van der Waals surface area contributed by atoms with E-state index in [1.54, 1.807) is 35.2 Å². The summed E-state index contributed by atoms with van der Waals surface area (Å²) in [6, 6.07) is 10.2. The van der Waals surface area contributed by atoms with Gasteiger partial charge in [-0.1, -0.05) is 30.3 Å². The molecule has 1 fully saturated rings. The second kappa shape index (κ2) is 12.6. The zero-order chi connectivity index (χ0) is 30.6. The monoisotopic (exact) mass is 607 g/mol. The maximum Gasteiger partial charge on any atom is 0.416 e. The largest absolute Gasteiger partial charge is 0.416 e. The number of hydrogen-bond acceptors (Lipinski definition) is 5. The van der Waals surface area contributed by atoms with Crippen molar-refractivity contribution in [2.24, 2.45) is 10.9 Å². The van der Waals surface area contributed by atoms with E-state index < -0.39 is 51.1 Å². The lowest BCUT2D eigenvalue weighted by atomic mass is 9.77. The van der Waals surface area contributed by atoms with Crippen LogP contribution in [0, 0.1) is 5.92 Å². The lowest BCUT2D eigenvalue weighted by Gasteiger charge is -2.49. The maximum absolute atomic E-state index is 13.4. The van der Waals surface area contributed by atoms with Gasteiger partial charge in [0.05, 0.1) is 42.2 Å². The number of aliphatic imine (C=N–C) groups is 1. The first-order valence-corrected chi connectivity index (χ1v) is 14.5. The molecule has 0 radical (unpaired) electrons. The zero-order valence-corrected chi connectivity index (χ0v) is 23.2. The average Bonchev–Trinajstić information content (AvgIpc) is 2.90. The summed E-state index contributed by atoms with van der Waals surface area (Å²) in [7, 11) is -3.48. The first-order chi connectivity index (χ1) is 18.9. The Hall–Kier alpha value is -2.81. The molecule has 1 saturated heterocycles. The fourth-order valence-electron chi connectivity index (χ4n) is 4.94. The van der Waals surface area contributed by atoms with Crippen molar-refractivity contribution < 1.29 is 44.3 Å². The summed E-state index contributed by atoms with van der Waals surface area (Å²) in [4.78, 5) is 17.6. The van der Waals surface area contributed by atoms with E-state index >= 15 is 0 Å². The van der Waals surface area contributed by atoms with E-state index in [1.165, 1.54) is 6.92 Å². The molecule has 14 heteroatoms. The highest BCUT2D eigenvalue weighted by molar-refractivity contribution is 7.88. The van der Waals surface area contributed by atoms with E-state index in [-0.39, 0.29) is 43.8 Å². The first kappa shape index (κ1) is 32.7. The Balaban J connectivity index is 1.98. The molecule has 0 saturated carbocycles. The Morgan fingerprint density at radius 3 is 2.22 bits per heavy atom. The molecule has 226 valence electrons. The number of piperidine rings is 1. The molecule has 3 rings (SSSR count). The van der Waals surface area contributed by atoms with Gasteiger partial charge >= 0.3 is 12.4 Å². The molecule has 0 spiro atoms. The van der Waals surface area contributed by atoms with Crippen molar-refractivity contribution in [3.8, 4) is 0 Å². The van der Waals surface area contributed by atoms with Gasteiger partial charge in [0.15, 0.2) is 0 Å². The zero-order valence-electron chi connectivity index (χ0n) is 22.4. The molecule has 1 heterocycles. The van der Waals surface area contributed by atoms with Crippen molar-refractivity contribution in [1.82, 2.24) is 9.62 Å². The molecular formula is C27H31F6N3O4S. The van der Waals surface area contributed by atoms with E-state index in [1.807, 2.05) is 0 Å². The number of halogens is 6. The number of amides is 1. The molecule has 0 unspecified atom stereocenters. The van der Waals surface area contributed by atoms with Crippen molar-refractivity contribution in [1.29, 1.82) is 0 Å². The number of sulfonamides is 1. The van der Waals surface area contributed by atoms with Gasteiger partial charge < -0.3 is 4.74 Å². The van der Waals surface area contributed by atoms with Crippen LogP contribution in [0.4, 0.5) is 26.3 Å². The lowest BCUT2D eigenvalue weighted by Crippen LogP contribution is -2.57. The normalized spacial score (nSPS) is 21.4. The van der Waals surface area contributed by atoms with Crippen LogP contribution in [-0.2, 0) is 37.4 Å². The van der Waals surface area contributed by atoms with Crippen LogP contribution in [-0.4, -0.2) is 58.4 Å². The van der Waals surface area contributed by atoms with Crippen LogP contribution in [0.1, 0.15) is 48.1 Å². The van der Waals surface area contributed by atoms with Crippen molar-refractivity contribution in [3.63, 3.8) is 0 Å². The SMILES string of the molecule is C=NC(=O)CN1C[C@@H](CNS(C)(=O)=O)CC[C@@]1(CO[C@H](C)c1cc(C(F)(F)F)cc(C(F)(F)F)c1)c1ccccc1. The van der Waals surface area contributed by atoms with Gasteiger partial charge in [-0.2, -0.15) is 26.3 Å². The topological polar surface area (TPSA) is 88.1 Å².